The van der Waals surface area contributed by atoms with E-state index in [0.29, 0.717) is 29.3 Å². The molecule has 1 aliphatic heterocycles. The zero-order valence-corrected chi connectivity index (χ0v) is 13.3. The van der Waals surface area contributed by atoms with Gasteiger partial charge in [-0.05, 0) is 50.4 Å². The van der Waals surface area contributed by atoms with Crippen LogP contribution in [-0.2, 0) is 6.54 Å². The molecular weight excluding hydrogens is 302 g/mol. The van der Waals surface area contributed by atoms with Crippen molar-refractivity contribution in [1.29, 1.82) is 0 Å². The molecule has 5 nitrogen and oxygen atoms in total. The van der Waals surface area contributed by atoms with E-state index < -0.39 is 0 Å². The van der Waals surface area contributed by atoms with Gasteiger partial charge in [0.1, 0.15) is 0 Å². The molecule has 1 aromatic heterocycles. The minimum absolute atomic E-state index is 0.271. The fourth-order valence-electron chi connectivity index (χ4n) is 2.88. The molecule has 118 valence electrons. The lowest BCUT2D eigenvalue weighted by atomic mass is 9.93. The van der Waals surface area contributed by atoms with Crippen molar-refractivity contribution < 1.29 is 9.52 Å². The highest BCUT2D eigenvalue weighted by Crippen LogP contribution is 2.24. The highest BCUT2D eigenvalue weighted by Gasteiger charge is 2.24. The first-order valence-electron chi connectivity index (χ1n) is 7.60. The zero-order valence-electron chi connectivity index (χ0n) is 12.6. The van der Waals surface area contributed by atoms with E-state index in [1.165, 1.54) is 0 Å². The second kappa shape index (κ2) is 6.77. The lowest BCUT2D eigenvalue weighted by molar-refractivity contribution is 0.0566. The van der Waals surface area contributed by atoms with Crippen molar-refractivity contribution in [2.45, 2.75) is 32.4 Å². The lowest BCUT2D eigenvalue weighted by Gasteiger charge is -2.33. The Morgan fingerprint density at radius 3 is 3.09 bits per heavy atom. The van der Waals surface area contributed by atoms with Crippen LogP contribution >= 0.6 is 11.6 Å². The molecule has 1 fully saturated rings. The molecule has 22 heavy (non-hydrogen) atoms. The number of piperidine rings is 1. The molecular formula is C16H20ClN3O2. The van der Waals surface area contributed by atoms with Crippen LogP contribution in [0, 0.1) is 5.92 Å². The summed E-state index contributed by atoms with van der Waals surface area (Å²) in [4.78, 5) is 2.26. The van der Waals surface area contributed by atoms with E-state index in [0.717, 1.165) is 31.5 Å². The molecule has 0 amide bonds. The third kappa shape index (κ3) is 3.66. The minimum Gasteiger partial charge on any atom is -0.419 e. The average Bonchev–Trinajstić information content (AvgIpc) is 2.96. The molecule has 0 saturated carbocycles. The Balaban J connectivity index is 1.67. The molecule has 6 heteroatoms. The quantitative estimate of drug-likeness (QED) is 0.938. The number of rotatable bonds is 4. The number of halogens is 1. The van der Waals surface area contributed by atoms with Gasteiger partial charge in [-0.1, -0.05) is 17.7 Å². The van der Waals surface area contributed by atoms with Crippen LogP contribution in [0.2, 0.25) is 5.02 Å². The molecule has 0 radical (unpaired) electrons. The summed E-state index contributed by atoms with van der Waals surface area (Å²) < 4.78 is 5.74. The number of likely N-dealkylation sites (tertiary alicyclic amines) is 1. The monoisotopic (exact) mass is 321 g/mol. The molecule has 2 atom stereocenters. The number of nitrogens with zero attached hydrogens (tertiary/aromatic N) is 3. The zero-order chi connectivity index (χ0) is 15.5. The SMILES string of the molecule is CC(O)C1CCCN(Cc2nnc(-c3cccc(Cl)c3)o2)C1. The fraction of sp³-hybridized carbons (Fsp3) is 0.500. The van der Waals surface area contributed by atoms with E-state index in [4.69, 9.17) is 16.0 Å². The van der Waals surface area contributed by atoms with E-state index in [9.17, 15) is 5.11 Å². The Bertz CT molecular complexity index is 629. The summed E-state index contributed by atoms with van der Waals surface area (Å²) in [6.07, 6.45) is 1.89. The molecule has 1 aliphatic rings. The van der Waals surface area contributed by atoms with Gasteiger partial charge in [-0.25, -0.2) is 0 Å². The number of hydrogen-bond donors (Lipinski definition) is 1. The normalized spacial score (nSPS) is 21.0. The van der Waals surface area contributed by atoms with Gasteiger partial charge in [-0.15, -0.1) is 10.2 Å². The maximum atomic E-state index is 9.75. The highest BCUT2D eigenvalue weighted by molar-refractivity contribution is 6.30. The molecule has 3 rings (SSSR count). The van der Waals surface area contributed by atoms with E-state index in [-0.39, 0.29) is 6.10 Å². The van der Waals surface area contributed by atoms with Crippen molar-refractivity contribution >= 4 is 11.6 Å². The Morgan fingerprint density at radius 2 is 2.32 bits per heavy atom. The molecule has 2 aromatic rings. The summed E-state index contributed by atoms with van der Waals surface area (Å²) in [5, 5.41) is 18.6. The fourth-order valence-corrected chi connectivity index (χ4v) is 3.07. The van der Waals surface area contributed by atoms with Crippen molar-refractivity contribution in [2.24, 2.45) is 5.92 Å². The van der Waals surface area contributed by atoms with Crippen LogP contribution in [0.1, 0.15) is 25.7 Å². The first kappa shape index (κ1) is 15.5. The minimum atomic E-state index is -0.271. The van der Waals surface area contributed by atoms with Gasteiger partial charge in [0.05, 0.1) is 12.6 Å². The topological polar surface area (TPSA) is 62.4 Å². The van der Waals surface area contributed by atoms with Crippen molar-refractivity contribution in [3.05, 3.63) is 35.2 Å². The number of benzene rings is 1. The number of aromatic nitrogens is 2. The smallest absolute Gasteiger partial charge is 0.247 e. The van der Waals surface area contributed by atoms with E-state index >= 15 is 0 Å². The van der Waals surface area contributed by atoms with Gasteiger partial charge in [0, 0.05) is 17.1 Å². The predicted octanol–water partition coefficient (Wildman–Crippen LogP) is 2.98. The van der Waals surface area contributed by atoms with Crippen LogP contribution < -0.4 is 0 Å². The largest absolute Gasteiger partial charge is 0.419 e. The Kier molecular flexibility index (Phi) is 4.76. The van der Waals surface area contributed by atoms with Crippen LogP contribution in [0.15, 0.2) is 28.7 Å². The van der Waals surface area contributed by atoms with Crippen molar-refractivity contribution in [2.75, 3.05) is 13.1 Å². The van der Waals surface area contributed by atoms with Crippen LogP contribution in [0.5, 0.6) is 0 Å². The lowest BCUT2D eigenvalue weighted by Crippen LogP contribution is -2.39. The maximum Gasteiger partial charge on any atom is 0.247 e. The van der Waals surface area contributed by atoms with Gasteiger partial charge >= 0.3 is 0 Å². The van der Waals surface area contributed by atoms with Crippen molar-refractivity contribution in [1.82, 2.24) is 15.1 Å². The van der Waals surface area contributed by atoms with E-state index in [2.05, 4.69) is 15.1 Å². The Labute approximate surface area is 134 Å². The summed E-state index contributed by atoms with van der Waals surface area (Å²) >= 11 is 5.98. The third-order valence-corrected chi connectivity index (χ3v) is 4.36. The molecule has 0 aliphatic carbocycles. The van der Waals surface area contributed by atoms with Gasteiger partial charge in [0.15, 0.2) is 0 Å². The third-order valence-electron chi connectivity index (χ3n) is 4.12. The highest BCUT2D eigenvalue weighted by atomic mass is 35.5. The molecule has 1 N–H and O–H groups in total. The van der Waals surface area contributed by atoms with Gasteiger partial charge in [-0.2, -0.15) is 0 Å². The number of hydrogen-bond acceptors (Lipinski definition) is 5. The Hall–Kier alpha value is -1.43. The van der Waals surface area contributed by atoms with Crippen molar-refractivity contribution in [3.8, 4) is 11.5 Å². The first-order chi connectivity index (χ1) is 10.6. The van der Waals surface area contributed by atoms with E-state index in [1.807, 2.05) is 31.2 Å². The van der Waals surface area contributed by atoms with Gasteiger partial charge < -0.3 is 9.52 Å². The van der Waals surface area contributed by atoms with Gasteiger partial charge in [0.2, 0.25) is 11.8 Å². The summed E-state index contributed by atoms with van der Waals surface area (Å²) in [5.74, 6) is 1.41. The molecule has 1 saturated heterocycles. The van der Waals surface area contributed by atoms with E-state index in [1.54, 1.807) is 0 Å². The van der Waals surface area contributed by atoms with Gasteiger partial charge in [0.25, 0.3) is 0 Å². The first-order valence-corrected chi connectivity index (χ1v) is 7.98. The predicted molar refractivity (Wildman–Crippen MR) is 84.4 cm³/mol. The second-order valence-corrected chi connectivity index (χ2v) is 6.33. The number of aliphatic hydroxyl groups is 1. The maximum absolute atomic E-state index is 9.75. The van der Waals surface area contributed by atoms with Crippen LogP contribution in [0.25, 0.3) is 11.5 Å². The summed E-state index contributed by atoms with van der Waals surface area (Å²) in [6.45, 7) is 4.35. The van der Waals surface area contributed by atoms with Crippen molar-refractivity contribution in [3.63, 3.8) is 0 Å². The molecule has 0 spiro atoms. The summed E-state index contributed by atoms with van der Waals surface area (Å²) in [7, 11) is 0. The summed E-state index contributed by atoms with van der Waals surface area (Å²) in [6, 6.07) is 7.38. The molecule has 1 aromatic carbocycles. The summed E-state index contributed by atoms with van der Waals surface area (Å²) in [5.41, 5.74) is 0.826. The number of aliphatic hydroxyl groups excluding tert-OH is 1. The molecule has 2 heterocycles. The van der Waals surface area contributed by atoms with Gasteiger partial charge in [-0.3, -0.25) is 4.90 Å². The van der Waals surface area contributed by atoms with Crippen LogP contribution in [0.4, 0.5) is 0 Å². The van der Waals surface area contributed by atoms with Crippen LogP contribution in [-0.4, -0.2) is 39.4 Å². The Morgan fingerprint density at radius 1 is 1.45 bits per heavy atom. The average molecular weight is 322 g/mol. The van der Waals surface area contributed by atoms with Crippen LogP contribution in [0.3, 0.4) is 0 Å². The molecule has 2 unspecified atom stereocenters. The molecule has 0 bridgehead atoms. The standard InChI is InChI=1S/C16H20ClN3O2/c1-11(21)13-5-3-7-20(9-13)10-15-18-19-16(22-15)12-4-2-6-14(17)8-12/h2,4,6,8,11,13,21H,3,5,7,9-10H2,1H3. The second-order valence-electron chi connectivity index (χ2n) is 5.89.